The number of nitrogens with one attached hydrogen (secondary N) is 2. The number of methoxy groups -OCH3 is 1. The van der Waals surface area contributed by atoms with E-state index < -0.39 is 23.3 Å². The Labute approximate surface area is 180 Å². The van der Waals surface area contributed by atoms with E-state index in [9.17, 15) is 14.4 Å². The van der Waals surface area contributed by atoms with E-state index in [-0.39, 0.29) is 5.56 Å². The summed E-state index contributed by atoms with van der Waals surface area (Å²) in [5.74, 6) is 3.62. The van der Waals surface area contributed by atoms with Crippen LogP contribution in [0.2, 0.25) is 0 Å². The number of amides is 3. The molecule has 0 radical (unpaired) electrons. The van der Waals surface area contributed by atoms with Crippen molar-refractivity contribution >= 4 is 17.7 Å². The number of ether oxygens (including phenoxy) is 1. The Bertz CT molecular complexity index is 991. The van der Waals surface area contributed by atoms with Gasteiger partial charge in [-0.3, -0.25) is 24.6 Å². The number of aromatic nitrogens is 1. The van der Waals surface area contributed by atoms with Gasteiger partial charge < -0.3 is 15.0 Å². The third kappa shape index (κ3) is 5.25. The molecule has 1 heterocycles. The average molecular weight is 424 g/mol. The highest BCUT2D eigenvalue weighted by Crippen LogP contribution is 2.18. The summed E-state index contributed by atoms with van der Waals surface area (Å²) in [6.45, 7) is 1.66. The average Bonchev–Trinajstić information content (AvgIpc) is 2.81. The Hall–Kier alpha value is -3.74. The van der Waals surface area contributed by atoms with E-state index >= 15 is 0 Å². The Morgan fingerprint density at radius 2 is 1.71 bits per heavy atom. The van der Waals surface area contributed by atoms with Crippen LogP contribution in [0.1, 0.15) is 34.1 Å². The van der Waals surface area contributed by atoms with Gasteiger partial charge in [-0.25, -0.2) is 5.48 Å². The maximum Gasteiger partial charge on any atom is 0.278 e. The number of carbonyl (C=O) groups is 3. The zero-order valence-corrected chi connectivity index (χ0v) is 17.7. The molecule has 3 N–H and O–H groups in total. The predicted octanol–water partition coefficient (Wildman–Crippen LogP) is 0.710. The summed E-state index contributed by atoms with van der Waals surface area (Å²) in [6, 6.07) is 10.1. The van der Waals surface area contributed by atoms with Crippen LogP contribution in [0.5, 0.6) is 0 Å². The molecule has 0 bridgehead atoms. The van der Waals surface area contributed by atoms with Crippen molar-refractivity contribution in [1.82, 2.24) is 20.7 Å². The van der Waals surface area contributed by atoms with Crippen molar-refractivity contribution in [2.24, 2.45) is 0 Å². The van der Waals surface area contributed by atoms with Crippen LogP contribution >= 0.6 is 0 Å². The van der Waals surface area contributed by atoms with Crippen LogP contribution in [0.15, 0.2) is 42.6 Å². The highest BCUT2D eigenvalue weighted by atomic mass is 16.5. The van der Waals surface area contributed by atoms with E-state index in [1.165, 1.54) is 26.5 Å². The molecule has 2 rings (SSSR count). The van der Waals surface area contributed by atoms with Gasteiger partial charge in [0.2, 0.25) is 0 Å². The minimum atomic E-state index is -1.94. The van der Waals surface area contributed by atoms with E-state index in [2.05, 4.69) is 22.1 Å². The normalized spacial score (nSPS) is 12.0. The van der Waals surface area contributed by atoms with Crippen molar-refractivity contribution in [3.63, 3.8) is 0 Å². The Morgan fingerprint density at radius 3 is 2.23 bits per heavy atom. The first-order valence-corrected chi connectivity index (χ1v) is 9.28. The second-order valence-corrected chi connectivity index (χ2v) is 6.76. The molecule has 1 atom stereocenters. The minimum absolute atomic E-state index is 0.250. The minimum Gasteiger partial charge on any atom is -0.378 e. The molecular formula is C22H24N4O5. The van der Waals surface area contributed by atoms with Gasteiger partial charge in [-0.1, -0.05) is 11.8 Å². The highest BCUT2D eigenvalue weighted by Gasteiger charge is 2.47. The van der Waals surface area contributed by atoms with Gasteiger partial charge in [0.1, 0.15) is 0 Å². The van der Waals surface area contributed by atoms with Crippen molar-refractivity contribution in [3.8, 4) is 11.8 Å². The zero-order valence-electron chi connectivity index (χ0n) is 17.7. The van der Waals surface area contributed by atoms with Crippen molar-refractivity contribution in [2.75, 3.05) is 21.2 Å². The van der Waals surface area contributed by atoms with E-state index in [0.717, 1.165) is 16.2 Å². The summed E-state index contributed by atoms with van der Waals surface area (Å²) in [5, 5.41) is 11.3. The molecule has 2 aromatic rings. The molecule has 162 valence electrons. The summed E-state index contributed by atoms with van der Waals surface area (Å²) in [5.41, 5.74) is 1.95. The summed E-state index contributed by atoms with van der Waals surface area (Å²) >= 11 is 0. The second kappa shape index (κ2) is 10.3. The Balaban J connectivity index is 2.20. The van der Waals surface area contributed by atoms with E-state index in [4.69, 9.17) is 9.94 Å². The first kappa shape index (κ1) is 23.5. The Kier molecular flexibility index (Phi) is 7.85. The van der Waals surface area contributed by atoms with E-state index in [0.29, 0.717) is 12.2 Å². The lowest BCUT2D eigenvalue weighted by Crippen LogP contribution is -2.64. The fourth-order valence-electron chi connectivity index (χ4n) is 2.73. The van der Waals surface area contributed by atoms with Gasteiger partial charge in [0, 0.05) is 44.1 Å². The van der Waals surface area contributed by atoms with Crippen LogP contribution in [0.25, 0.3) is 0 Å². The van der Waals surface area contributed by atoms with Crippen LogP contribution < -0.4 is 10.8 Å². The van der Waals surface area contributed by atoms with Gasteiger partial charge in [0.15, 0.2) is 5.54 Å². The number of carbonyl (C=O) groups excluding carboxylic acids is 3. The quantitative estimate of drug-likeness (QED) is 0.272. The van der Waals surface area contributed by atoms with Gasteiger partial charge in [0.05, 0.1) is 12.3 Å². The maximum atomic E-state index is 12.8. The van der Waals surface area contributed by atoms with Crippen LogP contribution in [0.4, 0.5) is 0 Å². The molecule has 0 aliphatic carbocycles. The first-order chi connectivity index (χ1) is 14.8. The lowest BCUT2D eigenvalue weighted by atomic mass is 9.96. The first-order valence-electron chi connectivity index (χ1n) is 9.28. The van der Waals surface area contributed by atoms with Crippen LogP contribution in [-0.2, 0) is 20.9 Å². The number of likely N-dealkylation sites (N-methyl/N-ethyl adjacent to an activating group) is 2. The van der Waals surface area contributed by atoms with Crippen LogP contribution in [0.3, 0.4) is 0 Å². The van der Waals surface area contributed by atoms with E-state index in [1.54, 1.807) is 37.6 Å². The molecule has 0 fully saturated rings. The van der Waals surface area contributed by atoms with Crippen LogP contribution in [-0.4, -0.2) is 59.6 Å². The summed E-state index contributed by atoms with van der Waals surface area (Å²) in [7, 11) is 4.24. The molecule has 1 aromatic heterocycles. The molecule has 1 aromatic carbocycles. The molecule has 0 saturated heterocycles. The second-order valence-electron chi connectivity index (χ2n) is 6.76. The number of nitrogens with zero attached hydrogens (tertiary/aromatic N) is 2. The van der Waals surface area contributed by atoms with Crippen molar-refractivity contribution in [3.05, 3.63) is 65.0 Å². The van der Waals surface area contributed by atoms with Crippen molar-refractivity contribution < 1.29 is 24.3 Å². The SMILES string of the molecule is CNC(=O)[C@@](C)(C(=O)NO)N(C)C(=O)c1ccc(C#Cc2ccc(COC)nc2)cc1. The van der Waals surface area contributed by atoms with Gasteiger partial charge in [-0.2, -0.15) is 0 Å². The van der Waals surface area contributed by atoms with Gasteiger partial charge in [-0.15, -0.1) is 0 Å². The zero-order chi connectivity index (χ0) is 23.0. The molecule has 9 heteroatoms. The molecule has 0 aliphatic heterocycles. The van der Waals surface area contributed by atoms with Gasteiger partial charge in [0.25, 0.3) is 17.7 Å². The molecule has 9 nitrogen and oxygen atoms in total. The fraction of sp³-hybridized carbons (Fsp3) is 0.273. The third-order valence-electron chi connectivity index (χ3n) is 4.79. The molecule has 0 aliphatic rings. The molecule has 3 amide bonds. The summed E-state index contributed by atoms with van der Waals surface area (Å²) in [4.78, 5) is 42.4. The lowest BCUT2D eigenvalue weighted by molar-refractivity contribution is -0.148. The smallest absolute Gasteiger partial charge is 0.278 e. The standard InChI is InChI=1S/C22H24N4O5/c1-22(20(28)23-2,21(29)25-30)26(3)19(27)17-10-7-15(8-11-17)5-6-16-9-12-18(14-31-4)24-13-16/h7-13,30H,14H2,1-4H3,(H,23,28)(H,25,29)/t22-/m0/s1. The lowest BCUT2D eigenvalue weighted by Gasteiger charge is -2.34. The predicted molar refractivity (Wildman–Crippen MR) is 112 cm³/mol. The molecule has 0 spiro atoms. The third-order valence-corrected chi connectivity index (χ3v) is 4.79. The Morgan fingerprint density at radius 1 is 1.10 bits per heavy atom. The largest absolute Gasteiger partial charge is 0.378 e. The number of benzene rings is 1. The molecular weight excluding hydrogens is 400 g/mol. The number of rotatable bonds is 6. The fourth-order valence-corrected chi connectivity index (χ4v) is 2.73. The van der Waals surface area contributed by atoms with Crippen LogP contribution in [0, 0.1) is 11.8 Å². The van der Waals surface area contributed by atoms with Crippen molar-refractivity contribution in [1.29, 1.82) is 0 Å². The number of hydrogen-bond donors (Lipinski definition) is 3. The monoisotopic (exact) mass is 424 g/mol. The van der Waals surface area contributed by atoms with Gasteiger partial charge >= 0.3 is 0 Å². The van der Waals surface area contributed by atoms with Crippen molar-refractivity contribution in [2.45, 2.75) is 19.1 Å². The van der Waals surface area contributed by atoms with E-state index in [1.807, 2.05) is 12.1 Å². The highest BCUT2D eigenvalue weighted by molar-refractivity contribution is 6.12. The topological polar surface area (TPSA) is 121 Å². The van der Waals surface area contributed by atoms with Gasteiger partial charge in [-0.05, 0) is 43.3 Å². The molecule has 31 heavy (non-hydrogen) atoms. The number of hydrogen-bond acceptors (Lipinski definition) is 6. The summed E-state index contributed by atoms with van der Waals surface area (Å²) < 4.78 is 5.02. The maximum absolute atomic E-state index is 12.8. The molecule has 0 unspecified atom stereocenters. The number of pyridine rings is 1. The summed E-state index contributed by atoms with van der Waals surface area (Å²) in [6.07, 6.45) is 1.65. The number of hydroxylamine groups is 1. The molecule has 0 saturated carbocycles.